The fourth-order valence-corrected chi connectivity index (χ4v) is 4.78. The molecule has 2 aromatic heterocycles. The Morgan fingerprint density at radius 2 is 1.63 bits per heavy atom. The monoisotopic (exact) mass is 484 g/mol. The van der Waals surface area contributed by atoms with E-state index in [9.17, 15) is 4.79 Å². The Hall–Kier alpha value is -4.17. The molecule has 8 heteroatoms. The Balaban J connectivity index is 1.59. The lowest BCUT2D eigenvalue weighted by molar-refractivity contribution is 0.414. The summed E-state index contributed by atoms with van der Waals surface area (Å²) < 4.78 is 13.1. The molecule has 35 heavy (non-hydrogen) atoms. The van der Waals surface area contributed by atoms with Gasteiger partial charge >= 0.3 is 0 Å². The van der Waals surface area contributed by atoms with E-state index in [2.05, 4.69) is 10.1 Å². The molecular weight excluding hydrogens is 460 g/mol. The number of ether oxygens (including phenoxy) is 2. The number of fused-ring (bicyclic) bond motifs is 1. The van der Waals surface area contributed by atoms with Gasteiger partial charge in [-0.25, -0.2) is 4.98 Å². The molecule has 0 saturated carbocycles. The molecule has 0 aliphatic rings. The van der Waals surface area contributed by atoms with Crippen LogP contribution in [0, 0.1) is 0 Å². The molecule has 7 nitrogen and oxygen atoms in total. The molecule has 3 aromatic carbocycles. The second-order valence-corrected chi connectivity index (χ2v) is 8.95. The van der Waals surface area contributed by atoms with Crippen molar-refractivity contribution in [2.45, 2.75) is 13.5 Å². The van der Waals surface area contributed by atoms with Crippen molar-refractivity contribution in [3.05, 3.63) is 94.3 Å². The summed E-state index contributed by atoms with van der Waals surface area (Å²) in [5.74, 6) is 1.54. The summed E-state index contributed by atoms with van der Waals surface area (Å²) in [7, 11) is 3.27. The van der Waals surface area contributed by atoms with E-state index in [1.54, 1.807) is 14.2 Å². The van der Waals surface area contributed by atoms with Crippen molar-refractivity contribution in [3.63, 3.8) is 0 Å². The molecule has 2 heterocycles. The number of rotatable bonds is 7. The molecular formula is C27H24N4O3S. The Kier molecular flexibility index (Phi) is 6.20. The first-order valence-electron chi connectivity index (χ1n) is 11.1. The number of H-pyrrole nitrogens is 1. The van der Waals surface area contributed by atoms with Crippen molar-refractivity contribution >= 4 is 27.3 Å². The van der Waals surface area contributed by atoms with Crippen molar-refractivity contribution in [1.82, 2.24) is 14.8 Å². The highest BCUT2D eigenvalue weighted by molar-refractivity contribution is 7.20. The largest absolute Gasteiger partial charge is 0.497 e. The van der Waals surface area contributed by atoms with Crippen molar-refractivity contribution < 1.29 is 9.47 Å². The molecule has 0 spiro atoms. The van der Waals surface area contributed by atoms with Crippen LogP contribution in [0.3, 0.4) is 0 Å². The van der Waals surface area contributed by atoms with Crippen molar-refractivity contribution in [2.24, 2.45) is 4.99 Å². The van der Waals surface area contributed by atoms with Crippen LogP contribution in [0.15, 0.2) is 82.6 Å². The number of para-hydroxylation sites is 1. The highest BCUT2D eigenvalue weighted by Gasteiger charge is 2.21. The number of nitrogens with zero attached hydrogens (tertiary/aromatic N) is 3. The number of hydrogen-bond acceptors (Lipinski definition) is 6. The third kappa shape index (κ3) is 4.48. The van der Waals surface area contributed by atoms with Crippen LogP contribution in [-0.4, -0.2) is 34.7 Å². The SMILES string of the molecule is COc1ccc(CN=C(C)c2c(-c3ccc(OC)cc3)[nH]n(-c3nc4ccccc4s3)c2=O)cc1. The van der Waals surface area contributed by atoms with Crippen LogP contribution in [0.1, 0.15) is 18.1 Å². The zero-order valence-electron chi connectivity index (χ0n) is 19.6. The van der Waals surface area contributed by atoms with E-state index in [1.807, 2.05) is 79.7 Å². The Morgan fingerprint density at radius 1 is 0.971 bits per heavy atom. The predicted molar refractivity (Wildman–Crippen MR) is 140 cm³/mol. The van der Waals surface area contributed by atoms with E-state index in [-0.39, 0.29) is 5.56 Å². The van der Waals surface area contributed by atoms with Gasteiger partial charge in [0, 0.05) is 11.3 Å². The number of methoxy groups -OCH3 is 2. The van der Waals surface area contributed by atoms with Crippen molar-refractivity contribution in [2.75, 3.05) is 14.2 Å². The number of nitrogens with one attached hydrogen (secondary N) is 1. The third-order valence-corrected chi connectivity index (χ3v) is 6.78. The minimum atomic E-state index is -0.189. The van der Waals surface area contributed by atoms with E-state index in [0.717, 1.165) is 32.8 Å². The van der Waals surface area contributed by atoms with Crippen LogP contribution in [-0.2, 0) is 6.54 Å². The number of aromatic nitrogens is 3. The maximum atomic E-state index is 13.7. The lowest BCUT2D eigenvalue weighted by atomic mass is 10.0. The molecule has 5 aromatic rings. The summed E-state index contributed by atoms with van der Waals surface area (Å²) in [4.78, 5) is 23.1. The highest BCUT2D eigenvalue weighted by atomic mass is 32.1. The van der Waals surface area contributed by atoms with E-state index in [1.165, 1.54) is 16.0 Å². The molecule has 0 aliphatic carbocycles. The van der Waals surface area contributed by atoms with Gasteiger partial charge in [-0.2, -0.15) is 4.68 Å². The van der Waals surface area contributed by atoms with E-state index in [4.69, 9.17) is 14.5 Å². The molecule has 176 valence electrons. The zero-order chi connectivity index (χ0) is 24.4. The molecule has 0 saturated heterocycles. The van der Waals surface area contributed by atoms with Crippen LogP contribution in [0.25, 0.3) is 26.6 Å². The van der Waals surface area contributed by atoms with Gasteiger partial charge in [0.25, 0.3) is 5.56 Å². The highest BCUT2D eigenvalue weighted by Crippen LogP contribution is 2.27. The van der Waals surface area contributed by atoms with Gasteiger partial charge in [0.15, 0.2) is 0 Å². The normalized spacial score (nSPS) is 11.7. The fourth-order valence-electron chi connectivity index (χ4n) is 3.85. The molecule has 5 rings (SSSR count). The first kappa shape index (κ1) is 22.6. The average molecular weight is 485 g/mol. The first-order chi connectivity index (χ1) is 17.1. The summed E-state index contributed by atoms with van der Waals surface area (Å²) in [6, 6.07) is 23.2. The van der Waals surface area contributed by atoms with Crippen LogP contribution in [0.4, 0.5) is 0 Å². The number of hydrogen-bond donors (Lipinski definition) is 1. The number of thiazole rings is 1. The van der Waals surface area contributed by atoms with Gasteiger partial charge in [-0.15, -0.1) is 0 Å². The maximum absolute atomic E-state index is 13.7. The zero-order valence-corrected chi connectivity index (χ0v) is 20.4. The summed E-state index contributed by atoms with van der Waals surface area (Å²) in [6.45, 7) is 2.31. The third-order valence-electron chi connectivity index (χ3n) is 5.76. The fraction of sp³-hybridized carbons (Fsp3) is 0.148. The van der Waals surface area contributed by atoms with Crippen molar-refractivity contribution in [1.29, 1.82) is 0 Å². The van der Waals surface area contributed by atoms with Crippen LogP contribution >= 0.6 is 11.3 Å². The van der Waals surface area contributed by atoms with E-state index >= 15 is 0 Å². The van der Waals surface area contributed by atoms with Crippen LogP contribution in [0.2, 0.25) is 0 Å². The van der Waals surface area contributed by atoms with Crippen LogP contribution in [0.5, 0.6) is 11.5 Å². The molecule has 1 N–H and O–H groups in total. The molecule has 0 unspecified atom stereocenters. The minimum Gasteiger partial charge on any atom is -0.497 e. The second kappa shape index (κ2) is 9.60. The molecule has 0 amide bonds. The Bertz CT molecular complexity index is 1530. The lowest BCUT2D eigenvalue weighted by Crippen LogP contribution is -2.19. The summed E-state index contributed by atoms with van der Waals surface area (Å²) >= 11 is 1.46. The summed E-state index contributed by atoms with van der Waals surface area (Å²) in [5, 5.41) is 3.87. The standard InChI is InChI=1S/C27H24N4O3S/c1-17(28-16-18-8-12-20(33-2)13-9-18)24-25(19-10-14-21(34-3)15-11-19)30-31(26(24)32)27-29-22-6-4-5-7-23(22)35-27/h4-15,30H,16H2,1-3H3. The Morgan fingerprint density at radius 3 is 2.29 bits per heavy atom. The predicted octanol–water partition coefficient (Wildman–Crippen LogP) is 5.47. The second-order valence-electron chi connectivity index (χ2n) is 7.94. The van der Waals surface area contributed by atoms with Gasteiger partial charge in [0.1, 0.15) is 11.5 Å². The lowest BCUT2D eigenvalue weighted by Gasteiger charge is -2.05. The van der Waals surface area contributed by atoms with Gasteiger partial charge in [-0.3, -0.25) is 14.9 Å². The smallest absolute Gasteiger partial charge is 0.283 e. The number of aliphatic imine (C=N–C) groups is 1. The molecule has 0 aliphatic heterocycles. The van der Waals surface area contributed by atoms with Gasteiger partial charge in [-0.1, -0.05) is 35.6 Å². The van der Waals surface area contributed by atoms with Gasteiger partial charge in [-0.05, 0) is 61.0 Å². The quantitative estimate of drug-likeness (QED) is 0.311. The van der Waals surface area contributed by atoms with Gasteiger partial charge in [0.2, 0.25) is 5.13 Å². The average Bonchev–Trinajstić information content (AvgIpc) is 3.48. The van der Waals surface area contributed by atoms with Gasteiger partial charge in [0.05, 0.1) is 42.2 Å². The summed E-state index contributed by atoms with van der Waals surface area (Å²) in [5.41, 5.74) is 4.40. The molecule has 0 fully saturated rings. The van der Waals surface area contributed by atoms with Crippen molar-refractivity contribution in [3.8, 4) is 27.9 Å². The Labute approximate surface area is 206 Å². The summed E-state index contributed by atoms with van der Waals surface area (Å²) in [6.07, 6.45) is 0. The number of benzene rings is 3. The van der Waals surface area contributed by atoms with E-state index < -0.39 is 0 Å². The maximum Gasteiger partial charge on any atom is 0.283 e. The van der Waals surface area contributed by atoms with Crippen LogP contribution < -0.4 is 15.0 Å². The van der Waals surface area contributed by atoms with Gasteiger partial charge < -0.3 is 9.47 Å². The topological polar surface area (TPSA) is 81.5 Å². The molecule has 0 radical (unpaired) electrons. The first-order valence-corrected chi connectivity index (χ1v) is 11.9. The van der Waals surface area contributed by atoms with E-state index in [0.29, 0.717) is 28.6 Å². The molecule has 0 atom stereocenters. The number of aromatic amines is 1. The molecule has 0 bridgehead atoms. The minimum absolute atomic E-state index is 0.189.